The molecule has 2 fully saturated rings. The van der Waals surface area contributed by atoms with Crippen molar-refractivity contribution in [2.45, 2.75) is 0 Å². The zero-order valence-corrected chi connectivity index (χ0v) is 34.3. The van der Waals surface area contributed by atoms with Crippen molar-refractivity contribution < 1.29 is 37.9 Å². The molecule has 12 heteroatoms. The first-order chi connectivity index (χ1) is 26.7. The van der Waals surface area contributed by atoms with Crippen molar-refractivity contribution in [3.05, 3.63) is 91.9 Å². The van der Waals surface area contributed by atoms with E-state index in [4.69, 9.17) is 37.9 Å². The number of hydrogen-bond donors (Lipinski definition) is 0. The van der Waals surface area contributed by atoms with E-state index < -0.39 is 0 Å². The average Bonchev–Trinajstić information content (AvgIpc) is 3.21. The first-order valence-corrected chi connectivity index (χ1v) is 20.4. The third-order valence-corrected chi connectivity index (χ3v) is 10.2. The van der Waals surface area contributed by atoms with Gasteiger partial charge in [-0.3, -0.25) is 0 Å². The molecule has 2 aliphatic heterocycles. The SMILES string of the molecule is Brc1cc(/C=C/c2ccc(N3CCOCCOCCOCCOCC3)cc2)c(Br)cc1/C=C/c1ccc(N2CCOCCOCCOCCOCC2)cc1. The zero-order valence-electron chi connectivity index (χ0n) is 31.1. The van der Waals surface area contributed by atoms with Gasteiger partial charge in [-0.05, 0) is 58.7 Å². The summed E-state index contributed by atoms with van der Waals surface area (Å²) in [6.45, 7) is 12.5. The molecule has 3 aromatic carbocycles. The average molecular weight is 875 g/mol. The Morgan fingerprint density at radius 2 is 0.611 bits per heavy atom. The fourth-order valence-corrected chi connectivity index (χ4v) is 6.75. The number of anilines is 2. The molecule has 0 amide bonds. The predicted octanol–water partition coefficient (Wildman–Crippen LogP) is 7.33. The van der Waals surface area contributed by atoms with Crippen LogP contribution in [0.3, 0.4) is 0 Å². The van der Waals surface area contributed by atoms with E-state index in [-0.39, 0.29) is 0 Å². The molecule has 0 radical (unpaired) electrons. The Labute approximate surface area is 337 Å². The van der Waals surface area contributed by atoms with Crippen LogP contribution in [0.25, 0.3) is 24.3 Å². The molecule has 2 saturated heterocycles. The first kappa shape index (κ1) is 42.5. The van der Waals surface area contributed by atoms with E-state index in [2.05, 4.69) is 127 Å². The predicted molar refractivity (Wildman–Crippen MR) is 224 cm³/mol. The summed E-state index contributed by atoms with van der Waals surface area (Å²) < 4.78 is 47.4. The van der Waals surface area contributed by atoms with Gasteiger partial charge >= 0.3 is 0 Å². The second kappa shape index (κ2) is 25.5. The molecule has 0 aromatic heterocycles. The number of hydrogen-bond acceptors (Lipinski definition) is 10. The van der Waals surface area contributed by atoms with Crippen LogP contribution < -0.4 is 9.80 Å². The minimum Gasteiger partial charge on any atom is -0.377 e. The van der Waals surface area contributed by atoms with Gasteiger partial charge in [0.2, 0.25) is 0 Å². The van der Waals surface area contributed by atoms with Gasteiger partial charge < -0.3 is 47.7 Å². The van der Waals surface area contributed by atoms with Crippen LogP contribution in [-0.4, -0.2) is 132 Å². The topological polar surface area (TPSA) is 80.3 Å². The normalized spacial score (nSPS) is 19.2. The highest BCUT2D eigenvalue weighted by molar-refractivity contribution is 9.11. The highest BCUT2D eigenvalue weighted by Crippen LogP contribution is 2.29. The van der Waals surface area contributed by atoms with E-state index in [1.54, 1.807) is 0 Å². The van der Waals surface area contributed by atoms with Crippen LogP contribution in [-0.2, 0) is 37.9 Å². The fourth-order valence-electron chi connectivity index (χ4n) is 5.76. The Hall–Kier alpha value is -2.62. The quantitative estimate of drug-likeness (QED) is 0.235. The van der Waals surface area contributed by atoms with E-state index in [1.807, 2.05) is 0 Å². The van der Waals surface area contributed by atoms with Gasteiger partial charge in [0.25, 0.3) is 0 Å². The molecule has 294 valence electrons. The van der Waals surface area contributed by atoms with Crippen molar-refractivity contribution in [2.24, 2.45) is 0 Å². The van der Waals surface area contributed by atoms with E-state index >= 15 is 0 Å². The molecule has 3 aromatic rings. The number of benzene rings is 3. The lowest BCUT2D eigenvalue weighted by molar-refractivity contribution is 0.00206. The number of nitrogens with zero attached hydrogens (tertiary/aromatic N) is 2. The molecule has 0 unspecified atom stereocenters. The molecule has 0 atom stereocenters. The second-order valence-corrected chi connectivity index (χ2v) is 14.3. The van der Waals surface area contributed by atoms with Gasteiger partial charge in [0, 0.05) is 46.5 Å². The fraction of sp³-hybridized carbons (Fsp3) is 0.476. The van der Waals surface area contributed by atoms with Gasteiger partial charge in [-0.25, -0.2) is 0 Å². The van der Waals surface area contributed by atoms with E-state index in [0.29, 0.717) is 106 Å². The zero-order chi connectivity index (χ0) is 37.5. The van der Waals surface area contributed by atoms with Crippen LogP contribution in [0.15, 0.2) is 69.6 Å². The van der Waals surface area contributed by atoms with Crippen molar-refractivity contribution in [2.75, 3.05) is 142 Å². The number of halogens is 2. The van der Waals surface area contributed by atoms with Crippen molar-refractivity contribution in [1.82, 2.24) is 0 Å². The lowest BCUT2D eigenvalue weighted by Crippen LogP contribution is -2.31. The first-order valence-electron chi connectivity index (χ1n) is 18.8. The summed E-state index contributed by atoms with van der Waals surface area (Å²) in [4.78, 5) is 4.59. The Bertz CT molecular complexity index is 1390. The van der Waals surface area contributed by atoms with Crippen molar-refractivity contribution >= 4 is 67.5 Å². The van der Waals surface area contributed by atoms with Crippen molar-refractivity contribution in [3.63, 3.8) is 0 Å². The maximum atomic E-state index is 5.81. The molecule has 0 saturated carbocycles. The van der Waals surface area contributed by atoms with Crippen molar-refractivity contribution in [3.8, 4) is 0 Å². The highest BCUT2D eigenvalue weighted by atomic mass is 79.9. The number of ether oxygens (including phenoxy) is 8. The summed E-state index contributed by atoms with van der Waals surface area (Å²) in [5, 5.41) is 0. The summed E-state index contributed by atoms with van der Waals surface area (Å²) in [6, 6.07) is 21.5. The molecule has 0 spiro atoms. The summed E-state index contributed by atoms with van der Waals surface area (Å²) >= 11 is 7.60. The molecular formula is C42H54Br2N2O8. The molecule has 10 nitrogen and oxygen atoms in total. The minimum atomic E-state index is 0.573. The van der Waals surface area contributed by atoms with Gasteiger partial charge in [0.1, 0.15) is 0 Å². The molecule has 0 aliphatic carbocycles. The van der Waals surface area contributed by atoms with Crippen LogP contribution in [0.1, 0.15) is 22.3 Å². The molecule has 54 heavy (non-hydrogen) atoms. The monoisotopic (exact) mass is 872 g/mol. The Kier molecular flexibility index (Phi) is 20.1. The molecule has 2 aliphatic rings. The van der Waals surface area contributed by atoms with Crippen LogP contribution in [0, 0.1) is 0 Å². The van der Waals surface area contributed by atoms with Crippen LogP contribution in [0.5, 0.6) is 0 Å². The largest absolute Gasteiger partial charge is 0.377 e. The molecule has 5 rings (SSSR count). The van der Waals surface area contributed by atoms with Gasteiger partial charge in [0.05, 0.1) is 106 Å². The number of rotatable bonds is 6. The summed E-state index contributed by atoms with van der Waals surface area (Å²) in [6.07, 6.45) is 8.53. The van der Waals surface area contributed by atoms with Crippen LogP contribution in [0.4, 0.5) is 11.4 Å². The van der Waals surface area contributed by atoms with E-state index in [0.717, 1.165) is 68.8 Å². The summed E-state index contributed by atoms with van der Waals surface area (Å²) in [7, 11) is 0. The van der Waals surface area contributed by atoms with Gasteiger partial charge in [-0.2, -0.15) is 0 Å². The second-order valence-electron chi connectivity index (χ2n) is 12.6. The highest BCUT2D eigenvalue weighted by Gasteiger charge is 2.10. The molecule has 0 N–H and O–H groups in total. The van der Waals surface area contributed by atoms with Gasteiger partial charge in [0.15, 0.2) is 0 Å². The Balaban J connectivity index is 1.15. The Morgan fingerprint density at radius 3 is 0.889 bits per heavy atom. The van der Waals surface area contributed by atoms with Crippen LogP contribution >= 0.6 is 31.9 Å². The van der Waals surface area contributed by atoms with Crippen LogP contribution in [0.2, 0.25) is 0 Å². The summed E-state index contributed by atoms with van der Waals surface area (Å²) in [5.74, 6) is 0. The lowest BCUT2D eigenvalue weighted by atomic mass is 10.1. The van der Waals surface area contributed by atoms with Crippen molar-refractivity contribution in [1.29, 1.82) is 0 Å². The maximum absolute atomic E-state index is 5.81. The smallest absolute Gasteiger partial charge is 0.0701 e. The molecule has 2 heterocycles. The standard InChI is InChI=1S/C42H54Br2N2O8/c43-41-34-38(8-2-36-5-11-40(12-6-36)46-15-19-49-23-27-53-31-32-54-28-24-50-20-16-46)42(44)33-37(41)7-1-35-3-9-39(10-4-35)45-13-17-47-21-25-51-29-30-52-26-22-48-18-14-45/h1-12,33-34H,13-32H2/b7-1+,8-2+. The third-order valence-electron chi connectivity index (χ3n) is 8.80. The van der Waals surface area contributed by atoms with Gasteiger partial charge in [-0.15, -0.1) is 0 Å². The molecular weight excluding hydrogens is 820 g/mol. The Morgan fingerprint density at radius 1 is 0.352 bits per heavy atom. The van der Waals surface area contributed by atoms with Gasteiger partial charge in [-0.1, -0.05) is 80.4 Å². The third kappa shape index (κ3) is 15.9. The maximum Gasteiger partial charge on any atom is 0.0701 e. The van der Waals surface area contributed by atoms with E-state index in [9.17, 15) is 0 Å². The molecule has 0 bridgehead atoms. The lowest BCUT2D eigenvalue weighted by Gasteiger charge is -2.25. The summed E-state index contributed by atoms with van der Waals surface area (Å²) in [5.41, 5.74) is 6.68. The van der Waals surface area contributed by atoms with E-state index in [1.165, 1.54) is 0 Å². The minimum absolute atomic E-state index is 0.573.